The first-order valence-electron chi connectivity index (χ1n) is 5.35. The molecule has 0 saturated heterocycles. The summed E-state index contributed by atoms with van der Waals surface area (Å²) >= 11 is 3.30. The van der Waals surface area contributed by atoms with Crippen LogP contribution in [0.3, 0.4) is 0 Å². The predicted molar refractivity (Wildman–Crippen MR) is 69.6 cm³/mol. The maximum absolute atomic E-state index is 5.43. The lowest BCUT2D eigenvalue weighted by atomic mass is 10.3. The molecule has 0 bridgehead atoms. The van der Waals surface area contributed by atoms with E-state index >= 15 is 0 Å². The molecular weight excluding hydrogens is 300 g/mol. The van der Waals surface area contributed by atoms with Crippen LogP contribution in [0.4, 0.5) is 5.95 Å². The van der Waals surface area contributed by atoms with E-state index < -0.39 is 0 Å². The van der Waals surface area contributed by atoms with Gasteiger partial charge in [-0.15, -0.1) is 0 Å². The first-order chi connectivity index (χ1) is 8.60. The molecule has 0 radical (unpaired) electrons. The molecule has 18 heavy (non-hydrogen) atoms. The standard InChI is InChI=1S/C11H13BrN4O2/c1-6-4-13-9(18-6)7(2)15-11-14-5-8(12)10(16-11)17-3/h4-5,7H,1-3H3,(H,14,15,16). The van der Waals surface area contributed by atoms with Crippen molar-refractivity contribution < 1.29 is 9.15 Å². The molecule has 0 amide bonds. The van der Waals surface area contributed by atoms with Gasteiger partial charge in [0.25, 0.3) is 0 Å². The van der Waals surface area contributed by atoms with E-state index in [1.54, 1.807) is 19.5 Å². The summed E-state index contributed by atoms with van der Waals surface area (Å²) in [5.41, 5.74) is 0. The minimum absolute atomic E-state index is 0.121. The van der Waals surface area contributed by atoms with E-state index in [-0.39, 0.29) is 6.04 Å². The smallest absolute Gasteiger partial charge is 0.232 e. The number of anilines is 1. The molecule has 2 rings (SSSR count). The topological polar surface area (TPSA) is 73.1 Å². The minimum atomic E-state index is -0.121. The number of ether oxygens (including phenoxy) is 1. The Morgan fingerprint density at radius 3 is 2.78 bits per heavy atom. The molecule has 2 aromatic rings. The van der Waals surface area contributed by atoms with E-state index in [0.717, 1.165) is 5.76 Å². The Balaban J connectivity index is 2.14. The Kier molecular flexibility index (Phi) is 3.81. The van der Waals surface area contributed by atoms with E-state index in [0.29, 0.717) is 22.2 Å². The summed E-state index contributed by atoms with van der Waals surface area (Å²) < 4.78 is 11.2. The lowest BCUT2D eigenvalue weighted by Crippen LogP contribution is -2.10. The van der Waals surface area contributed by atoms with Crippen molar-refractivity contribution in [3.8, 4) is 5.88 Å². The van der Waals surface area contributed by atoms with Gasteiger partial charge in [-0.25, -0.2) is 9.97 Å². The number of aryl methyl sites for hydroxylation is 1. The molecule has 1 unspecified atom stereocenters. The second kappa shape index (κ2) is 5.34. The highest BCUT2D eigenvalue weighted by atomic mass is 79.9. The summed E-state index contributed by atoms with van der Waals surface area (Å²) in [6.07, 6.45) is 3.30. The van der Waals surface area contributed by atoms with E-state index in [2.05, 4.69) is 36.2 Å². The van der Waals surface area contributed by atoms with E-state index in [1.165, 1.54) is 0 Å². The summed E-state index contributed by atoms with van der Waals surface area (Å²) in [7, 11) is 1.55. The molecular formula is C11H13BrN4O2. The van der Waals surface area contributed by atoms with E-state index in [4.69, 9.17) is 9.15 Å². The third-order valence-corrected chi connectivity index (χ3v) is 2.80. The van der Waals surface area contributed by atoms with Crippen LogP contribution in [0.15, 0.2) is 21.3 Å². The number of oxazole rings is 1. The molecule has 1 N–H and O–H groups in total. The molecule has 2 heterocycles. The fourth-order valence-electron chi connectivity index (χ4n) is 1.39. The first kappa shape index (κ1) is 12.8. The van der Waals surface area contributed by atoms with Crippen molar-refractivity contribution in [2.24, 2.45) is 0 Å². The van der Waals surface area contributed by atoms with Crippen LogP contribution in [0.25, 0.3) is 0 Å². The largest absolute Gasteiger partial charge is 0.480 e. The van der Waals surface area contributed by atoms with Crippen molar-refractivity contribution in [3.63, 3.8) is 0 Å². The number of methoxy groups -OCH3 is 1. The van der Waals surface area contributed by atoms with Gasteiger partial charge in [0.15, 0.2) is 0 Å². The van der Waals surface area contributed by atoms with Gasteiger partial charge in [-0.3, -0.25) is 0 Å². The molecule has 1 atom stereocenters. The number of nitrogens with zero attached hydrogens (tertiary/aromatic N) is 3. The molecule has 6 nitrogen and oxygen atoms in total. The molecule has 0 aliphatic carbocycles. The monoisotopic (exact) mass is 312 g/mol. The van der Waals surface area contributed by atoms with Crippen LogP contribution in [0.5, 0.6) is 5.88 Å². The van der Waals surface area contributed by atoms with Gasteiger partial charge < -0.3 is 14.5 Å². The Labute approximate surface area is 113 Å². The van der Waals surface area contributed by atoms with Gasteiger partial charge in [0, 0.05) is 0 Å². The second-order valence-corrected chi connectivity index (χ2v) is 4.58. The molecule has 96 valence electrons. The van der Waals surface area contributed by atoms with Crippen molar-refractivity contribution >= 4 is 21.9 Å². The van der Waals surface area contributed by atoms with Crippen LogP contribution in [0.2, 0.25) is 0 Å². The number of rotatable bonds is 4. The number of aromatic nitrogens is 3. The fourth-order valence-corrected chi connectivity index (χ4v) is 1.74. The van der Waals surface area contributed by atoms with Gasteiger partial charge in [-0.05, 0) is 29.8 Å². The third-order valence-electron chi connectivity index (χ3n) is 2.26. The van der Waals surface area contributed by atoms with Gasteiger partial charge in [-0.1, -0.05) is 0 Å². The number of nitrogens with one attached hydrogen (secondary N) is 1. The average molecular weight is 313 g/mol. The van der Waals surface area contributed by atoms with E-state index in [1.807, 2.05) is 13.8 Å². The molecule has 0 aromatic carbocycles. The molecule has 0 aliphatic heterocycles. The van der Waals surface area contributed by atoms with Crippen LogP contribution in [0, 0.1) is 6.92 Å². The van der Waals surface area contributed by atoms with Crippen LogP contribution in [-0.2, 0) is 0 Å². The summed E-state index contributed by atoms with van der Waals surface area (Å²) in [4.78, 5) is 12.5. The van der Waals surface area contributed by atoms with Crippen LogP contribution in [-0.4, -0.2) is 22.1 Å². The highest BCUT2D eigenvalue weighted by molar-refractivity contribution is 9.10. The second-order valence-electron chi connectivity index (χ2n) is 3.73. The molecule has 0 saturated carbocycles. The highest BCUT2D eigenvalue weighted by Gasteiger charge is 2.13. The summed E-state index contributed by atoms with van der Waals surface area (Å²) in [6, 6.07) is -0.121. The zero-order valence-electron chi connectivity index (χ0n) is 10.3. The number of hydrogen-bond acceptors (Lipinski definition) is 6. The lowest BCUT2D eigenvalue weighted by molar-refractivity contribution is 0.394. The van der Waals surface area contributed by atoms with Gasteiger partial charge in [0.05, 0.1) is 24.0 Å². The number of hydrogen-bond donors (Lipinski definition) is 1. The zero-order chi connectivity index (χ0) is 13.1. The molecule has 0 spiro atoms. The van der Waals surface area contributed by atoms with Gasteiger partial charge in [0.1, 0.15) is 11.8 Å². The first-order valence-corrected chi connectivity index (χ1v) is 6.15. The van der Waals surface area contributed by atoms with Gasteiger partial charge in [0.2, 0.25) is 17.7 Å². The van der Waals surface area contributed by atoms with Crippen molar-refractivity contribution in [3.05, 3.63) is 28.5 Å². The van der Waals surface area contributed by atoms with Crippen molar-refractivity contribution in [2.45, 2.75) is 19.9 Å². The van der Waals surface area contributed by atoms with Crippen LogP contribution < -0.4 is 10.1 Å². The SMILES string of the molecule is COc1nc(NC(C)c2ncc(C)o2)ncc1Br. The lowest BCUT2D eigenvalue weighted by Gasteiger charge is -2.11. The quantitative estimate of drug-likeness (QED) is 0.935. The molecule has 7 heteroatoms. The fraction of sp³-hybridized carbons (Fsp3) is 0.364. The normalized spacial score (nSPS) is 12.2. The Morgan fingerprint density at radius 2 is 2.17 bits per heavy atom. The third kappa shape index (κ3) is 2.79. The summed E-state index contributed by atoms with van der Waals surface area (Å²) in [5, 5.41) is 3.09. The Hall–Kier alpha value is -1.63. The highest BCUT2D eigenvalue weighted by Crippen LogP contribution is 2.23. The maximum atomic E-state index is 5.43. The van der Waals surface area contributed by atoms with Gasteiger partial charge >= 0.3 is 0 Å². The van der Waals surface area contributed by atoms with Gasteiger partial charge in [-0.2, -0.15) is 4.98 Å². The molecule has 0 aliphatic rings. The van der Waals surface area contributed by atoms with E-state index in [9.17, 15) is 0 Å². The van der Waals surface area contributed by atoms with Crippen molar-refractivity contribution in [2.75, 3.05) is 12.4 Å². The summed E-state index contributed by atoms with van der Waals surface area (Å²) in [6.45, 7) is 3.77. The van der Waals surface area contributed by atoms with Crippen molar-refractivity contribution in [1.82, 2.24) is 15.0 Å². The zero-order valence-corrected chi connectivity index (χ0v) is 11.9. The van der Waals surface area contributed by atoms with Crippen LogP contribution in [0.1, 0.15) is 24.6 Å². The Bertz CT molecular complexity index is 544. The summed E-state index contributed by atoms with van der Waals surface area (Å²) in [5.74, 6) is 2.30. The predicted octanol–water partition coefficient (Wildman–Crippen LogP) is 2.72. The van der Waals surface area contributed by atoms with Crippen LogP contribution >= 0.6 is 15.9 Å². The Morgan fingerprint density at radius 1 is 1.39 bits per heavy atom. The molecule has 2 aromatic heterocycles. The molecule has 0 fully saturated rings. The average Bonchev–Trinajstić information content (AvgIpc) is 2.78. The van der Waals surface area contributed by atoms with Crippen molar-refractivity contribution in [1.29, 1.82) is 0 Å². The number of halogens is 1. The minimum Gasteiger partial charge on any atom is -0.480 e. The maximum Gasteiger partial charge on any atom is 0.232 e.